The minimum Gasteiger partial charge on any atom is -0.466 e. The molecule has 0 spiro atoms. The molecule has 0 N–H and O–H groups in total. The summed E-state index contributed by atoms with van der Waals surface area (Å²) in [7, 11) is 1.25. The molecule has 0 saturated heterocycles. The molecule has 0 aliphatic heterocycles. The molecule has 0 aromatic heterocycles. The zero-order valence-corrected chi connectivity index (χ0v) is 18.2. The lowest BCUT2D eigenvalue weighted by Gasteiger charge is -2.23. The van der Waals surface area contributed by atoms with E-state index in [1.54, 1.807) is 6.08 Å². The zero-order chi connectivity index (χ0) is 22.5. The van der Waals surface area contributed by atoms with Crippen LogP contribution in [0.2, 0.25) is 0 Å². The van der Waals surface area contributed by atoms with Crippen molar-refractivity contribution in [1.82, 2.24) is 0 Å². The Morgan fingerprint density at radius 1 is 0.903 bits per heavy atom. The number of benzene rings is 2. The molecule has 0 aliphatic rings. The lowest BCUT2D eigenvalue weighted by atomic mass is 10.0. The highest BCUT2D eigenvalue weighted by Crippen LogP contribution is 2.15. The normalized spacial score (nSPS) is 14.0. The van der Waals surface area contributed by atoms with E-state index in [4.69, 9.17) is 18.9 Å². The minimum atomic E-state index is -1.09. The van der Waals surface area contributed by atoms with E-state index in [0.717, 1.165) is 11.1 Å². The molecule has 0 heterocycles. The third-order valence-electron chi connectivity index (χ3n) is 4.60. The van der Waals surface area contributed by atoms with Crippen molar-refractivity contribution in [1.29, 1.82) is 0 Å². The summed E-state index contributed by atoms with van der Waals surface area (Å²) in [6, 6.07) is 19.8. The van der Waals surface area contributed by atoms with Gasteiger partial charge >= 0.3 is 11.9 Å². The molecule has 0 fully saturated rings. The Morgan fingerprint density at radius 2 is 1.48 bits per heavy atom. The molecule has 0 unspecified atom stereocenters. The lowest BCUT2D eigenvalue weighted by Crippen LogP contribution is -2.28. The van der Waals surface area contributed by atoms with Gasteiger partial charge in [0, 0.05) is 12.8 Å². The van der Waals surface area contributed by atoms with E-state index in [1.165, 1.54) is 20.1 Å². The Balaban J connectivity index is 2.03. The Kier molecular flexibility index (Phi) is 10.5. The number of rotatable bonds is 12. The SMILES string of the molecule is COC(=O)[C@H](/C=C/[C@H](C)[C@H](COCc1ccccc1)OCc1ccccc1)OC(C)=O. The van der Waals surface area contributed by atoms with Gasteiger partial charge in [0.15, 0.2) is 0 Å². The summed E-state index contributed by atoms with van der Waals surface area (Å²) in [5.41, 5.74) is 2.13. The molecular weight excluding hydrogens is 396 g/mol. The predicted molar refractivity (Wildman–Crippen MR) is 117 cm³/mol. The average Bonchev–Trinajstić information content (AvgIpc) is 2.79. The van der Waals surface area contributed by atoms with Gasteiger partial charge in [-0.25, -0.2) is 4.79 Å². The van der Waals surface area contributed by atoms with Crippen LogP contribution in [-0.2, 0) is 41.8 Å². The first-order valence-electron chi connectivity index (χ1n) is 10.2. The van der Waals surface area contributed by atoms with Crippen LogP contribution >= 0.6 is 0 Å². The Bertz CT molecular complexity index is 818. The van der Waals surface area contributed by atoms with Gasteiger partial charge in [0.25, 0.3) is 0 Å². The van der Waals surface area contributed by atoms with E-state index in [1.807, 2.05) is 67.6 Å². The topological polar surface area (TPSA) is 71.1 Å². The second-order valence-corrected chi connectivity index (χ2v) is 7.13. The van der Waals surface area contributed by atoms with E-state index in [0.29, 0.717) is 19.8 Å². The van der Waals surface area contributed by atoms with Crippen LogP contribution in [-0.4, -0.2) is 37.9 Å². The van der Waals surface area contributed by atoms with Crippen LogP contribution in [0.3, 0.4) is 0 Å². The van der Waals surface area contributed by atoms with E-state index in [2.05, 4.69) is 0 Å². The van der Waals surface area contributed by atoms with E-state index < -0.39 is 18.0 Å². The molecule has 0 amide bonds. The van der Waals surface area contributed by atoms with E-state index in [-0.39, 0.29) is 12.0 Å². The molecule has 0 aliphatic carbocycles. The number of hydrogen-bond donors (Lipinski definition) is 0. The summed E-state index contributed by atoms with van der Waals surface area (Å²) in [5.74, 6) is -1.31. The van der Waals surface area contributed by atoms with E-state index in [9.17, 15) is 9.59 Å². The lowest BCUT2D eigenvalue weighted by molar-refractivity contribution is -0.161. The zero-order valence-electron chi connectivity index (χ0n) is 18.2. The average molecular weight is 427 g/mol. The Labute approximate surface area is 183 Å². The van der Waals surface area contributed by atoms with Gasteiger partial charge in [0.2, 0.25) is 6.10 Å². The summed E-state index contributed by atoms with van der Waals surface area (Å²) in [6.07, 6.45) is 1.95. The van der Waals surface area contributed by atoms with Crippen molar-refractivity contribution >= 4 is 11.9 Å². The van der Waals surface area contributed by atoms with Gasteiger partial charge in [-0.2, -0.15) is 0 Å². The van der Waals surface area contributed by atoms with Gasteiger partial charge in [-0.15, -0.1) is 0 Å². The first kappa shape index (κ1) is 24.3. The summed E-state index contributed by atoms with van der Waals surface area (Å²) < 4.78 is 21.8. The number of methoxy groups -OCH3 is 1. The smallest absolute Gasteiger partial charge is 0.351 e. The standard InChI is InChI=1S/C25H30O6/c1-19(14-15-23(25(27)28-3)31-20(2)26)24(30-17-22-12-8-5-9-13-22)18-29-16-21-10-6-4-7-11-21/h4-15,19,23-24H,16-18H2,1-3H3/b15-14+/t19-,23-,24-/m0/s1. The van der Waals surface area contributed by atoms with Gasteiger partial charge in [-0.05, 0) is 17.2 Å². The van der Waals surface area contributed by atoms with Crippen LogP contribution in [0.15, 0.2) is 72.8 Å². The van der Waals surface area contributed by atoms with Crippen LogP contribution in [0.1, 0.15) is 25.0 Å². The van der Waals surface area contributed by atoms with Crippen molar-refractivity contribution in [3.05, 3.63) is 83.9 Å². The monoisotopic (exact) mass is 426 g/mol. The largest absolute Gasteiger partial charge is 0.466 e. The highest BCUT2D eigenvalue weighted by atomic mass is 16.6. The maximum absolute atomic E-state index is 11.9. The number of carbonyl (C=O) groups excluding carboxylic acids is 2. The van der Waals surface area contributed by atoms with Crippen LogP contribution in [0.4, 0.5) is 0 Å². The van der Waals surface area contributed by atoms with Gasteiger partial charge < -0.3 is 18.9 Å². The fraction of sp³-hybridized carbons (Fsp3) is 0.360. The third-order valence-corrected chi connectivity index (χ3v) is 4.60. The minimum absolute atomic E-state index is 0.109. The molecule has 6 heteroatoms. The van der Waals surface area contributed by atoms with Gasteiger partial charge in [0.05, 0.1) is 33.0 Å². The van der Waals surface area contributed by atoms with Crippen molar-refractivity contribution in [3.63, 3.8) is 0 Å². The summed E-state index contributed by atoms with van der Waals surface area (Å²) in [4.78, 5) is 23.1. The van der Waals surface area contributed by atoms with Crippen LogP contribution < -0.4 is 0 Å². The Hall–Kier alpha value is -2.96. The van der Waals surface area contributed by atoms with Gasteiger partial charge in [-0.3, -0.25) is 4.79 Å². The second-order valence-electron chi connectivity index (χ2n) is 7.13. The number of carbonyl (C=O) groups is 2. The highest BCUT2D eigenvalue weighted by molar-refractivity contribution is 5.80. The molecule has 2 rings (SSSR count). The molecule has 6 nitrogen and oxygen atoms in total. The van der Waals surface area contributed by atoms with Crippen molar-refractivity contribution in [3.8, 4) is 0 Å². The molecule has 0 bridgehead atoms. The van der Waals surface area contributed by atoms with Crippen LogP contribution in [0.5, 0.6) is 0 Å². The molecule has 0 saturated carbocycles. The van der Waals surface area contributed by atoms with Crippen molar-refractivity contribution in [2.75, 3.05) is 13.7 Å². The first-order chi connectivity index (χ1) is 15.0. The molecule has 31 heavy (non-hydrogen) atoms. The molecule has 0 radical (unpaired) electrons. The number of esters is 2. The molecule has 2 aromatic carbocycles. The fourth-order valence-corrected chi connectivity index (χ4v) is 2.86. The van der Waals surface area contributed by atoms with E-state index >= 15 is 0 Å². The van der Waals surface area contributed by atoms with Crippen LogP contribution in [0, 0.1) is 5.92 Å². The molecule has 166 valence electrons. The summed E-state index contributed by atoms with van der Waals surface area (Å²) in [5, 5.41) is 0. The predicted octanol–water partition coefficient (Wildman–Crippen LogP) is 4.09. The summed E-state index contributed by atoms with van der Waals surface area (Å²) >= 11 is 0. The summed E-state index contributed by atoms with van der Waals surface area (Å²) in [6.45, 7) is 4.48. The number of ether oxygens (including phenoxy) is 4. The Morgan fingerprint density at radius 3 is 2.03 bits per heavy atom. The van der Waals surface area contributed by atoms with Crippen LogP contribution in [0.25, 0.3) is 0 Å². The first-order valence-corrected chi connectivity index (χ1v) is 10.2. The van der Waals surface area contributed by atoms with Gasteiger partial charge in [-0.1, -0.05) is 73.7 Å². The molecular formula is C25H30O6. The highest BCUT2D eigenvalue weighted by Gasteiger charge is 2.22. The maximum Gasteiger partial charge on any atom is 0.351 e. The fourth-order valence-electron chi connectivity index (χ4n) is 2.86. The van der Waals surface area contributed by atoms with Crippen molar-refractivity contribution in [2.45, 2.75) is 39.3 Å². The molecule has 3 atom stereocenters. The third kappa shape index (κ3) is 9.15. The van der Waals surface area contributed by atoms with Gasteiger partial charge in [0.1, 0.15) is 0 Å². The maximum atomic E-state index is 11.9. The molecule has 2 aromatic rings. The number of hydrogen-bond acceptors (Lipinski definition) is 6. The second kappa shape index (κ2) is 13.4. The van der Waals surface area contributed by atoms with Crippen molar-refractivity contribution in [2.24, 2.45) is 5.92 Å². The van der Waals surface area contributed by atoms with Crippen molar-refractivity contribution < 1.29 is 28.5 Å². The quantitative estimate of drug-likeness (QED) is 0.376.